The molecule has 2 aromatic heterocycles. The number of carbonyl (C=O) groups is 1. The van der Waals surface area contributed by atoms with Crippen molar-refractivity contribution in [3.63, 3.8) is 0 Å². The van der Waals surface area contributed by atoms with E-state index in [1.165, 1.54) is 12.6 Å². The molecule has 1 aromatic carbocycles. The van der Waals surface area contributed by atoms with Crippen LogP contribution in [-0.4, -0.2) is 59.6 Å². The lowest BCUT2D eigenvalue weighted by Crippen LogP contribution is -2.45. The molecule has 10 nitrogen and oxygen atoms in total. The van der Waals surface area contributed by atoms with E-state index in [0.29, 0.717) is 31.0 Å². The smallest absolute Gasteiger partial charge is 0.255 e. The van der Waals surface area contributed by atoms with Gasteiger partial charge in [-0.3, -0.25) is 14.8 Å². The molecule has 2 aliphatic rings. The number of anilines is 3. The van der Waals surface area contributed by atoms with Gasteiger partial charge in [0.2, 0.25) is 0 Å². The van der Waals surface area contributed by atoms with E-state index >= 15 is 0 Å². The molecular formula is C24H27N7O3S. The maximum atomic E-state index is 13.0. The molecule has 1 fully saturated rings. The second kappa shape index (κ2) is 9.23. The highest BCUT2D eigenvalue weighted by Crippen LogP contribution is 2.34. The third kappa shape index (κ3) is 4.82. The van der Waals surface area contributed by atoms with Gasteiger partial charge in [-0.05, 0) is 55.7 Å². The summed E-state index contributed by atoms with van der Waals surface area (Å²) in [7, 11) is -3.26. The first-order valence-corrected chi connectivity index (χ1v) is 13.3. The highest BCUT2D eigenvalue weighted by atomic mass is 32.2. The van der Waals surface area contributed by atoms with Crippen molar-refractivity contribution in [2.24, 2.45) is 0 Å². The molecule has 1 saturated heterocycles. The summed E-state index contributed by atoms with van der Waals surface area (Å²) >= 11 is 0. The number of hydrogen-bond acceptors (Lipinski definition) is 9. The minimum atomic E-state index is -3.26. The molecule has 2 N–H and O–H groups in total. The third-order valence-electron chi connectivity index (χ3n) is 6.24. The van der Waals surface area contributed by atoms with Gasteiger partial charge >= 0.3 is 0 Å². The Morgan fingerprint density at radius 3 is 2.71 bits per heavy atom. The molecule has 11 heteroatoms. The van der Waals surface area contributed by atoms with E-state index in [1.54, 1.807) is 36.7 Å². The van der Waals surface area contributed by atoms with E-state index in [4.69, 9.17) is 0 Å². The van der Waals surface area contributed by atoms with Crippen molar-refractivity contribution in [1.29, 1.82) is 0 Å². The molecule has 5 rings (SSSR count). The number of likely N-dealkylation sites (tertiary alicyclic amines) is 1. The van der Waals surface area contributed by atoms with E-state index in [0.717, 1.165) is 35.5 Å². The molecule has 182 valence electrons. The van der Waals surface area contributed by atoms with Crippen molar-refractivity contribution in [2.45, 2.75) is 37.2 Å². The molecule has 3 aromatic rings. The average Bonchev–Trinajstić information content (AvgIpc) is 3.29. The number of carbonyl (C=O) groups excluding carboxylic acids is 1. The predicted molar refractivity (Wildman–Crippen MR) is 132 cm³/mol. The molecule has 0 spiro atoms. The molecule has 4 heterocycles. The van der Waals surface area contributed by atoms with Gasteiger partial charge in [-0.1, -0.05) is 0 Å². The minimum Gasteiger partial charge on any atom is -0.365 e. The number of sulfone groups is 1. The average molecular weight is 494 g/mol. The van der Waals surface area contributed by atoms with Crippen LogP contribution in [0.25, 0.3) is 0 Å². The quantitative estimate of drug-likeness (QED) is 0.552. The Hall–Kier alpha value is -3.57. The van der Waals surface area contributed by atoms with Crippen LogP contribution in [0.3, 0.4) is 0 Å². The second-order valence-corrected chi connectivity index (χ2v) is 11.0. The molecule has 1 amide bonds. The lowest BCUT2D eigenvalue weighted by atomic mass is 10.0. The SMILES string of the molecule is Cc1cncc(C(=O)N2CCCC(Nc3ncnc4c3CNN4c3ccc(S(C)(=O)=O)cc3)C2)c1. The zero-order valence-electron chi connectivity index (χ0n) is 19.6. The fourth-order valence-electron chi connectivity index (χ4n) is 4.50. The lowest BCUT2D eigenvalue weighted by Gasteiger charge is -2.33. The molecule has 0 radical (unpaired) electrons. The number of pyridine rings is 1. The lowest BCUT2D eigenvalue weighted by molar-refractivity contribution is 0.0714. The topological polar surface area (TPSA) is 120 Å². The molecule has 1 atom stereocenters. The molecular weight excluding hydrogens is 466 g/mol. The largest absolute Gasteiger partial charge is 0.365 e. The first kappa shape index (κ1) is 23.2. The van der Waals surface area contributed by atoms with Crippen LogP contribution in [0.4, 0.5) is 17.3 Å². The number of nitrogens with one attached hydrogen (secondary N) is 2. The Morgan fingerprint density at radius 2 is 1.97 bits per heavy atom. The summed E-state index contributed by atoms with van der Waals surface area (Å²) in [5, 5.41) is 5.35. The summed E-state index contributed by atoms with van der Waals surface area (Å²) in [5.74, 6) is 1.43. The molecule has 35 heavy (non-hydrogen) atoms. The van der Waals surface area contributed by atoms with Crippen molar-refractivity contribution >= 4 is 33.1 Å². The predicted octanol–water partition coefficient (Wildman–Crippen LogP) is 2.46. The molecule has 0 aliphatic carbocycles. The highest BCUT2D eigenvalue weighted by molar-refractivity contribution is 7.90. The van der Waals surface area contributed by atoms with Gasteiger partial charge in [0, 0.05) is 44.3 Å². The van der Waals surface area contributed by atoms with Crippen molar-refractivity contribution < 1.29 is 13.2 Å². The Morgan fingerprint density at radius 1 is 1.17 bits per heavy atom. The van der Waals surface area contributed by atoms with Crippen molar-refractivity contribution in [3.8, 4) is 0 Å². The number of aryl methyl sites for hydroxylation is 1. The van der Waals surface area contributed by atoms with Gasteiger partial charge in [0.15, 0.2) is 15.7 Å². The fourth-order valence-corrected chi connectivity index (χ4v) is 5.13. The Labute approximate surface area is 204 Å². The summed E-state index contributed by atoms with van der Waals surface area (Å²) in [4.78, 5) is 28.2. The van der Waals surface area contributed by atoms with Gasteiger partial charge < -0.3 is 10.2 Å². The van der Waals surface area contributed by atoms with Crippen LogP contribution in [0.1, 0.15) is 34.3 Å². The number of amides is 1. The van der Waals surface area contributed by atoms with Gasteiger partial charge in [0.25, 0.3) is 5.91 Å². The number of benzene rings is 1. The van der Waals surface area contributed by atoms with Crippen LogP contribution >= 0.6 is 0 Å². The maximum Gasteiger partial charge on any atom is 0.255 e. The van der Waals surface area contributed by atoms with E-state index in [-0.39, 0.29) is 16.8 Å². The zero-order chi connectivity index (χ0) is 24.6. The van der Waals surface area contributed by atoms with Crippen LogP contribution in [0.5, 0.6) is 0 Å². The van der Waals surface area contributed by atoms with Crippen molar-refractivity contribution in [3.05, 3.63) is 65.7 Å². The summed E-state index contributed by atoms with van der Waals surface area (Å²) in [5.41, 5.74) is 6.57. The number of aromatic nitrogens is 3. The van der Waals surface area contributed by atoms with Gasteiger partial charge in [-0.2, -0.15) is 0 Å². The number of hydrazine groups is 1. The van der Waals surface area contributed by atoms with Crippen LogP contribution in [-0.2, 0) is 16.4 Å². The number of hydrogen-bond donors (Lipinski definition) is 2. The van der Waals surface area contributed by atoms with Crippen LogP contribution in [0.15, 0.2) is 53.9 Å². The van der Waals surface area contributed by atoms with E-state index in [9.17, 15) is 13.2 Å². The molecule has 0 bridgehead atoms. The Kier molecular flexibility index (Phi) is 6.12. The van der Waals surface area contributed by atoms with Crippen molar-refractivity contribution in [2.75, 3.05) is 29.7 Å². The number of nitrogens with zero attached hydrogens (tertiary/aromatic N) is 5. The normalized spacial score (nSPS) is 17.8. The maximum absolute atomic E-state index is 13.0. The zero-order valence-corrected chi connectivity index (χ0v) is 20.4. The standard InChI is InChI=1S/C24H27N7O3S/c1-16-10-17(12-25-11-16)24(32)30-9-3-4-18(14-30)29-22-21-13-28-31(23(21)27-15-26-22)19-5-7-20(8-6-19)35(2,33)34/h5-8,10-12,15,18,28H,3-4,9,13-14H2,1-2H3,(H,26,27,29). The monoisotopic (exact) mass is 493 g/mol. The summed E-state index contributed by atoms with van der Waals surface area (Å²) in [6, 6.07) is 8.60. The Bertz CT molecular complexity index is 1360. The number of rotatable bonds is 5. The first-order valence-electron chi connectivity index (χ1n) is 11.4. The van der Waals surface area contributed by atoms with Gasteiger partial charge in [-0.15, -0.1) is 0 Å². The third-order valence-corrected chi connectivity index (χ3v) is 7.37. The fraction of sp³-hybridized carbons (Fsp3) is 0.333. The summed E-state index contributed by atoms with van der Waals surface area (Å²) in [6.45, 7) is 3.75. The van der Waals surface area contributed by atoms with Crippen LogP contribution < -0.4 is 15.8 Å². The van der Waals surface area contributed by atoms with Gasteiger partial charge in [0.05, 0.1) is 21.7 Å². The number of fused-ring (bicyclic) bond motifs is 1. The molecule has 0 saturated carbocycles. The Balaban J connectivity index is 1.32. The van der Waals surface area contributed by atoms with Crippen LogP contribution in [0.2, 0.25) is 0 Å². The highest BCUT2D eigenvalue weighted by Gasteiger charge is 2.29. The summed E-state index contributed by atoms with van der Waals surface area (Å²) < 4.78 is 23.5. The van der Waals surface area contributed by atoms with E-state index in [2.05, 4.69) is 25.7 Å². The molecule has 1 unspecified atom stereocenters. The summed E-state index contributed by atoms with van der Waals surface area (Å²) in [6.07, 6.45) is 7.88. The second-order valence-electron chi connectivity index (χ2n) is 8.95. The van der Waals surface area contributed by atoms with Gasteiger partial charge in [0.1, 0.15) is 12.1 Å². The minimum absolute atomic E-state index is 0.00833. The molecule has 2 aliphatic heterocycles. The van der Waals surface area contributed by atoms with Crippen molar-refractivity contribution in [1.82, 2.24) is 25.3 Å². The first-order chi connectivity index (χ1) is 16.8. The van der Waals surface area contributed by atoms with Gasteiger partial charge in [-0.25, -0.2) is 23.8 Å². The van der Waals surface area contributed by atoms with E-state index in [1.807, 2.05) is 22.9 Å². The van der Waals surface area contributed by atoms with E-state index < -0.39 is 9.84 Å². The number of piperidine rings is 1. The van der Waals surface area contributed by atoms with Crippen LogP contribution in [0, 0.1) is 6.92 Å².